The molecule has 2 heterocycles. The van der Waals surface area contributed by atoms with E-state index < -0.39 is 10.8 Å². The summed E-state index contributed by atoms with van der Waals surface area (Å²) < 4.78 is 5.27. The minimum absolute atomic E-state index is 0.00679. The van der Waals surface area contributed by atoms with Gasteiger partial charge in [0.1, 0.15) is 5.76 Å². The molecule has 0 fully saturated rings. The summed E-state index contributed by atoms with van der Waals surface area (Å²) in [5.41, 5.74) is 3.55. The average Bonchev–Trinajstić information content (AvgIpc) is 3.46. The Morgan fingerprint density at radius 1 is 1.13 bits per heavy atom. The quantitative estimate of drug-likeness (QED) is 0.309. The minimum atomic E-state index is -0.473. The van der Waals surface area contributed by atoms with Gasteiger partial charge in [-0.15, -0.1) is 0 Å². The molecule has 31 heavy (non-hydrogen) atoms. The fraction of sp³-hybridized carbons (Fsp3) is 0.208. The van der Waals surface area contributed by atoms with Gasteiger partial charge >= 0.3 is 0 Å². The van der Waals surface area contributed by atoms with Crippen molar-refractivity contribution in [2.24, 2.45) is 0 Å². The number of hydrogen-bond donors (Lipinski definition) is 2. The third-order valence-electron chi connectivity index (χ3n) is 5.53. The number of benzene rings is 2. The smallest absolute Gasteiger partial charge is 0.273 e. The van der Waals surface area contributed by atoms with Crippen LogP contribution >= 0.6 is 0 Å². The monoisotopic (exact) mass is 417 g/mol. The average molecular weight is 417 g/mol. The molecule has 2 N–H and O–H groups in total. The van der Waals surface area contributed by atoms with Crippen molar-refractivity contribution < 1.29 is 14.1 Å². The maximum Gasteiger partial charge on any atom is 0.273 e. The third kappa shape index (κ3) is 4.21. The van der Waals surface area contributed by atoms with Crippen LogP contribution in [0.2, 0.25) is 0 Å². The molecule has 0 radical (unpaired) electrons. The van der Waals surface area contributed by atoms with Gasteiger partial charge in [-0.25, -0.2) is 0 Å². The first kappa shape index (κ1) is 20.4. The first-order valence-corrected chi connectivity index (χ1v) is 10.2. The van der Waals surface area contributed by atoms with Gasteiger partial charge in [-0.2, -0.15) is 0 Å². The summed E-state index contributed by atoms with van der Waals surface area (Å²) in [6.07, 6.45) is 4.35. The van der Waals surface area contributed by atoms with Gasteiger partial charge < -0.3 is 14.7 Å². The third-order valence-corrected chi connectivity index (χ3v) is 5.53. The number of carbonyl (C=O) groups excluding carboxylic acids is 1. The molecule has 158 valence electrons. The molecule has 0 unspecified atom stereocenters. The number of H-pyrrole nitrogens is 1. The molecule has 2 aromatic heterocycles. The maximum absolute atomic E-state index is 12.8. The lowest BCUT2D eigenvalue weighted by Gasteiger charge is -2.17. The predicted octanol–water partition coefficient (Wildman–Crippen LogP) is 5.07. The van der Waals surface area contributed by atoms with Crippen LogP contribution in [0.15, 0.2) is 71.5 Å². The van der Waals surface area contributed by atoms with Crippen LogP contribution in [0.25, 0.3) is 10.9 Å². The number of furan rings is 1. The highest BCUT2D eigenvalue weighted by molar-refractivity contribution is 5.88. The summed E-state index contributed by atoms with van der Waals surface area (Å²) in [4.78, 5) is 27.5. The molecule has 7 nitrogen and oxygen atoms in total. The van der Waals surface area contributed by atoms with Crippen molar-refractivity contribution in [2.45, 2.75) is 32.2 Å². The number of para-hydroxylation sites is 2. The Morgan fingerprint density at radius 3 is 2.71 bits per heavy atom. The summed E-state index contributed by atoms with van der Waals surface area (Å²) >= 11 is 0. The van der Waals surface area contributed by atoms with Gasteiger partial charge in [0, 0.05) is 41.1 Å². The molecule has 4 aromatic rings. The highest BCUT2D eigenvalue weighted by Crippen LogP contribution is 2.38. The number of carbonyl (C=O) groups is 1. The van der Waals surface area contributed by atoms with Crippen LogP contribution in [0.1, 0.15) is 41.7 Å². The number of aromatic amines is 1. The summed E-state index contributed by atoms with van der Waals surface area (Å²) in [7, 11) is 0. The van der Waals surface area contributed by atoms with Crippen molar-refractivity contribution >= 4 is 22.5 Å². The van der Waals surface area contributed by atoms with Gasteiger partial charge in [-0.05, 0) is 29.7 Å². The van der Waals surface area contributed by atoms with E-state index in [1.807, 2.05) is 18.3 Å². The van der Waals surface area contributed by atoms with E-state index in [1.54, 1.807) is 36.6 Å². The second-order valence-corrected chi connectivity index (χ2v) is 7.37. The normalized spacial score (nSPS) is 12.0. The van der Waals surface area contributed by atoms with Gasteiger partial charge in [0.2, 0.25) is 5.91 Å². The van der Waals surface area contributed by atoms with Crippen molar-refractivity contribution in [1.82, 2.24) is 10.3 Å². The Morgan fingerprint density at radius 2 is 1.97 bits per heavy atom. The van der Waals surface area contributed by atoms with Crippen molar-refractivity contribution in [2.75, 3.05) is 0 Å². The predicted molar refractivity (Wildman–Crippen MR) is 118 cm³/mol. The Kier molecular flexibility index (Phi) is 5.84. The summed E-state index contributed by atoms with van der Waals surface area (Å²) in [6, 6.07) is 16.2. The molecule has 0 aliphatic carbocycles. The Bertz CT molecular complexity index is 1210. The van der Waals surface area contributed by atoms with Gasteiger partial charge in [0.15, 0.2) is 0 Å². The van der Waals surface area contributed by atoms with E-state index in [9.17, 15) is 14.9 Å². The van der Waals surface area contributed by atoms with Crippen molar-refractivity contribution in [1.29, 1.82) is 0 Å². The van der Waals surface area contributed by atoms with Crippen molar-refractivity contribution in [3.63, 3.8) is 0 Å². The molecule has 0 saturated carbocycles. The first-order valence-electron chi connectivity index (χ1n) is 10.2. The number of aryl methyl sites for hydroxylation is 1. The largest absolute Gasteiger partial charge is 0.467 e. The second-order valence-electron chi connectivity index (χ2n) is 7.37. The molecule has 7 heteroatoms. The number of nitrogens with zero attached hydrogens (tertiary/aromatic N) is 1. The maximum atomic E-state index is 12.8. The van der Waals surface area contributed by atoms with Gasteiger partial charge in [0.25, 0.3) is 5.69 Å². The summed E-state index contributed by atoms with van der Waals surface area (Å²) in [5.74, 6) is -0.0325. The van der Waals surface area contributed by atoms with E-state index in [0.29, 0.717) is 11.3 Å². The number of amides is 1. The Hall–Kier alpha value is -3.87. The van der Waals surface area contributed by atoms with E-state index in [2.05, 4.69) is 23.3 Å². The number of nitrogens with one attached hydrogen (secondary N) is 2. The Balaban J connectivity index is 1.73. The molecule has 0 aliphatic heterocycles. The highest BCUT2D eigenvalue weighted by atomic mass is 16.6. The lowest BCUT2D eigenvalue weighted by molar-refractivity contribution is -0.385. The highest BCUT2D eigenvalue weighted by Gasteiger charge is 2.28. The standard InChI is InChI=1S/C24H23N3O4/c1-2-16-7-5-10-19-21(15-26-24(16)19)20(18-9-3-4-11-22(18)27(29)30)13-23(28)25-14-17-8-6-12-31-17/h3-12,15,20,26H,2,13-14H2,1H3,(H,25,28)/t20-/m1/s1. The first-order chi connectivity index (χ1) is 15.1. The van der Waals surface area contributed by atoms with Crippen LogP contribution in [0.4, 0.5) is 5.69 Å². The summed E-state index contributed by atoms with van der Waals surface area (Å²) in [6.45, 7) is 2.35. The molecular weight excluding hydrogens is 394 g/mol. The van der Waals surface area contributed by atoms with Crippen LogP contribution in [0.5, 0.6) is 0 Å². The molecule has 0 spiro atoms. The fourth-order valence-electron chi connectivity index (χ4n) is 4.01. The van der Waals surface area contributed by atoms with Gasteiger partial charge in [0.05, 0.1) is 17.7 Å². The van der Waals surface area contributed by atoms with Crippen LogP contribution in [-0.4, -0.2) is 15.8 Å². The fourth-order valence-corrected chi connectivity index (χ4v) is 4.01. The van der Waals surface area contributed by atoms with Crippen LogP contribution < -0.4 is 5.32 Å². The van der Waals surface area contributed by atoms with E-state index >= 15 is 0 Å². The van der Waals surface area contributed by atoms with E-state index in [1.165, 1.54) is 6.07 Å². The molecule has 1 amide bonds. The van der Waals surface area contributed by atoms with E-state index in [4.69, 9.17) is 4.42 Å². The topological polar surface area (TPSA) is 101 Å². The number of hydrogen-bond acceptors (Lipinski definition) is 4. The van der Waals surface area contributed by atoms with E-state index in [-0.39, 0.29) is 24.6 Å². The summed E-state index contributed by atoms with van der Waals surface area (Å²) in [5, 5.41) is 15.5. The number of fused-ring (bicyclic) bond motifs is 1. The Labute approximate surface area is 179 Å². The lowest BCUT2D eigenvalue weighted by atomic mass is 9.86. The van der Waals surface area contributed by atoms with Crippen LogP contribution in [-0.2, 0) is 17.8 Å². The van der Waals surface area contributed by atoms with Crippen molar-refractivity contribution in [3.05, 3.63) is 99.6 Å². The molecule has 2 aromatic carbocycles. The minimum Gasteiger partial charge on any atom is -0.467 e. The molecule has 1 atom stereocenters. The zero-order valence-electron chi connectivity index (χ0n) is 17.1. The van der Waals surface area contributed by atoms with Crippen LogP contribution in [0, 0.1) is 10.1 Å². The second kappa shape index (κ2) is 8.87. The SMILES string of the molecule is CCc1cccc2c([C@H](CC(=O)NCc3ccco3)c3ccccc3[N+](=O)[O-])c[nH]c12. The molecule has 4 rings (SSSR count). The van der Waals surface area contributed by atoms with Gasteiger partial charge in [-0.3, -0.25) is 14.9 Å². The zero-order valence-corrected chi connectivity index (χ0v) is 17.1. The zero-order chi connectivity index (χ0) is 21.8. The number of aromatic nitrogens is 1. The molecule has 0 aliphatic rings. The number of nitro groups is 1. The number of rotatable bonds is 8. The van der Waals surface area contributed by atoms with E-state index in [0.717, 1.165) is 28.5 Å². The number of nitro benzene ring substituents is 1. The van der Waals surface area contributed by atoms with Gasteiger partial charge in [-0.1, -0.05) is 43.3 Å². The molecule has 0 bridgehead atoms. The van der Waals surface area contributed by atoms with Crippen molar-refractivity contribution in [3.8, 4) is 0 Å². The molecule has 0 saturated heterocycles. The van der Waals surface area contributed by atoms with Crippen LogP contribution in [0.3, 0.4) is 0 Å². The lowest BCUT2D eigenvalue weighted by Crippen LogP contribution is -2.25. The molecular formula is C24H23N3O4.